The number of carbonyl (C=O) groups is 2. The number of anilines is 1. The van der Waals surface area contributed by atoms with Gasteiger partial charge in [-0.15, -0.1) is 11.3 Å². The molecule has 0 spiro atoms. The van der Waals surface area contributed by atoms with Crippen molar-refractivity contribution < 1.29 is 19.1 Å². The summed E-state index contributed by atoms with van der Waals surface area (Å²) in [7, 11) is 0. The minimum atomic E-state index is -0.389. The fraction of sp³-hybridized carbons (Fsp3) is 0.174. The summed E-state index contributed by atoms with van der Waals surface area (Å²) in [5.41, 5.74) is 2.99. The normalized spacial score (nSPS) is 10.8. The molecule has 2 aromatic carbocycles. The highest BCUT2D eigenvalue weighted by Gasteiger charge is 2.09. The van der Waals surface area contributed by atoms with Crippen molar-refractivity contribution in [3.05, 3.63) is 64.9 Å². The number of ether oxygens (including phenoxy) is 2. The number of esters is 1. The summed E-state index contributed by atoms with van der Waals surface area (Å²) in [5, 5.41) is 7.13. The molecule has 0 aliphatic heterocycles. The summed E-state index contributed by atoms with van der Waals surface area (Å²) in [4.78, 5) is 27.9. The number of nitrogens with zero attached hydrogens (tertiary/aromatic N) is 1. The van der Waals surface area contributed by atoms with E-state index >= 15 is 0 Å². The third-order valence-electron chi connectivity index (χ3n) is 4.30. The Bertz CT molecular complexity index is 1200. The van der Waals surface area contributed by atoms with E-state index in [0.29, 0.717) is 17.2 Å². The highest BCUT2D eigenvalue weighted by Crippen LogP contribution is 2.31. The van der Waals surface area contributed by atoms with Crippen molar-refractivity contribution in [1.29, 1.82) is 0 Å². The van der Waals surface area contributed by atoms with Gasteiger partial charge in [0.1, 0.15) is 11.5 Å². The zero-order valence-electron chi connectivity index (χ0n) is 17.2. The summed E-state index contributed by atoms with van der Waals surface area (Å²) in [5.74, 6) is 1.27. The van der Waals surface area contributed by atoms with Gasteiger partial charge in [-0.05, 0) is 71.3 Å². The summed E-state index contributed by atoms with van der Waals surface area (Å²) in [6.45, 7) is 1.21. The Morgan fingerprint density at radius 2 is 1.91 bits per heavy atom. The molecule has 9 heteroatoms. The van der Waals surface area contributed by atoms with Gasteiger partial charge in [-0.2, -0.15) is 11.3 Å². The van der Waals surface area contributed by atoms with Crippen molar-refractivity contribution in [3.8, 4) is 11.5 Å². The monoisotopic (exact) mass is 484 g/mol. The number of thioether (sulfide) groups is 1. The Balaban J connectivity index is 1.28. The number of thiophene rings is 1. The molecule has 4 aromatic rings. The van der Waals surface area contributed by atoms with Crippen LogP contribution in [0.1, 0.15) is 12.5 Å². The fourth-order valence-electron chi connectivity index (χ4n) is 2.85. The van der Waals surface area contributed by atoms with Crippen LogP contribution < -0.4 is 14.8 Å². The van der Waals surface area contributed by atoms with E-state index in [4.69, 9.17) is 9.47 Å². The van der Waals surface area contributed by atoms with E-state index < -0.39 is 0 Å². The smallest absolute Gasteiger partial charge is 0.308 e. The van der Waals surface area contributed by atoms with Crippen LogP contribution in [0.5, 0.6) is 11.5 Å². The molecular formula is C23H20N2O4S3. The van der Waals surface area contributed by atoms with Crippen molar-refractivity contribution in [2.45, 2.75) is 17.7 Å². The average molecular weight is 485 g/mol. The van der Waals surface area contributed by atoms with Crippen LogP contribution in [-0.4, -0.2) is 29.2 Å². The quantitative estimate of drug-likeness (QED) is 0.188. The van der Waals surface area contributed by atoms with Gasteiger partial charge < -0.3 is 14.8 Å². The Kier molecular flexibility index (Phi) is 7.41. The lowest BCUT2D eigenvalue weighted by atomic mass is 10.3. The molecule has 0 aliphatic carbocycles. The number of benzene rings is 2. The van der Waals surface area contributed by atoms with Crippen LogP contribution in [0.4, 0.5) is 5.69 Å². The zero-order chi connectivity index (χ0) is 22.3. The second kappa shape index (κ2) is 10.6. The average Bonchev–Trinajstić information content (AvgIpc) is 3.42. The van der Waals surface area contributed by atoms with Gasteiger partial charge in [-0.25, -0.2) is 4.98 Å². The maximum Gasteiger partial charge on any atom is 0.308 e. The van der Waals surface area contributed by atoms with Crippen LogP contribution >= 0.6 is 34.4 Å². The van der Waals surface area contributed by atoms with Gasteiger partial charge in [0, 0.05) is 18.4 Å². The number of fused-ring (bicyclic) bond motifs is 1. The molecule has 2 heterocycles. The number of aryl methyl sites for hydroxylation is 1. The number of hydrogen-bond acceptors (Lipinski definition) is 8. The van der Waals surface area contributed by atoms with Crippen LogP contribution in [0.3, 0.4) is 0 Å². The van der Waals surface area contributed by atoms with Crippen LogP contribution in [0.25, 0.3) is 10.2 Å². The lowest BCUT2D eigenvalue weighted by molar-refractivity contribution is -0.131. The molecule has 0 fully saturated rings. The molecule has 0 unspecified atom stereocenters. The number of amides is 1. The standard InChI is InChI=1S/C23H20N2O4S3/c1-15(26)29-19-5-3-18(4-6-19)28-13-22(27)24-17-2-7-20-21(12-17)32-23(25-20)31-11-9-16-8-10-30-14-16/h2-8,10,12,14H,9,11,13H2,1H3,(H,24,27). The first-order valence-corrected chi connectivity index (χ1v) is 12.6. The van der Waals surface area contributed by atoms with E-state index in [2.05, 4.69) is 27.1 Å². The second-order valence-corrected chi connectivity index (χ2v) is 9.95. The topological polar surface area (TPSA) is 77.5 Å². The molecule has 0 aliphatic rings. The van der Waals surface area contributed by atoms with Crippen LogP contribution in [0, 0.1) is 0 Å². The maximum atomic E-state index is 12.3. The van der Waals surface area contributed by atoms with Crippen molar-refractivity contribution >= 4 is 62.2 Å². The van der Waals surface area contributed by atoms with Crippen molar-refractivity contribution in [3.63, 3.8) is 0 Å². The molecule has 2 aromatic heterocycles. The van der Waals surface area contributed by atoms with E-state index in [9.17, 15) is 9.59 Å². The van der Waals surface area contributed by atoms with Gasteiger partial charge in [-0.1, -0.05) is 11.8 Å². The molecule has 0 radical (unpaired) electrons. The lowest BCUT2D eigenvalue weighted by Crippen LogP contribution is -2.20. The maximum absolute atomic E-state index is 12.3. The summed E-state index contributed by atoms with van der Waals surface area (Å²) >= 11 is 5.10. The van der Waals surface area contributed by atoms with Gasteiger partial charge in [0.15, 0.2) is 10.9 Å². The first-order chi connectivity index (χ1) is 15.5. The summed E-state index contributed by atoms with van der Waals surface area (Å²) in [6.07, 6.45) is 1.03. The first-order valence-electron chi connectivity index (χ1n) is 9.81. The Morgan fingerprint density at radius 3 is 2.66 bits per heavy atom. The first kappa shape index (κ1) is 22.3. The highest BCUT2D eigenvalue weighted by molar-refractivity contribution is 8.01. The van der Waals surface area contributed by atoms with E-state index in [1.165, 1.54) is 12.5 Å². The summed E-state index contributed by atoms with van der Waals surface area (Å²) < 4.78 is 12.5. The van der Waals surface area contributed by atoms with Crippen molar-refractivity contribution in [2.24, 2.45) is 0 Å². The van der Waals surface area contributed by atoms with Crippen molar-refractivity contribution in [2.75, 3.05) is 17.7 Å². The molecule has 0 saturated carbocycles. The molecular weight excluding hydrogens is 464 g/mol. The number of hydrogen-bond donors (Lipinski definition) is 1. The van der Waals surface area contributed by atoms with Gasteiger partial charge >= 0.3 is 5.97 Å². The number of nitrogens with one attached hydrogen (secondary N) is 1. The second-order valence-electron chi connectivity index (χ2n) is 6.79. The predicted octanol–water partition coefficient (Wildman–Crippen LogP) is 5.64. The molecule has 0 atom stereocenters. The largest absolute Gasteiger partial charge is 0.484 e. The minimum absolute atomic E-state index is 0.128. The van der Waals surface area contributed by atoms with Crippen molar-refractivity contribution in [1.82, 2.24) is 4.98 Å². The Morgan fingerprint density at radius 1 is 1.09 bits per heavy atom. The van der Waals surface area contributed by atoms with Gasteiger partial charge in [0.05, 0.1) is 10.2 Å². The molecule has 4 rings (SSSR count). The highest BCUT2D eigenvalue weighted by atomic mass is 32.2. The van der Waals surface area contributed by atoms with Crippen LogP contribution in [-0.2, 0) is 16.0 Å². The SMILES string of the molecule is CC(=O)Oc1ccc(OCC(=O)Nc2ccc3nc(SCCc4ccsc4)sc3c2)cc1. The van der Waals surface area contributed by atoms with Gasteiger partial charge in [0.2, 0.25) is 0 Å². The summed E-state index contributed by atoms with van der Waals surface area (Å²) in [6, 6.07) is 14.4. The molecule has 1 N–H and O–H groups in total. The number of thiazole rings is 1. The number of carbonyl (C=O) groups excluding carboxylic acids is 2. The van der Waals surface area contributed by atoms with Crippen LogP contribution in [0.15, 0.2) is 63.6 Å². The van der Waals surface area contributed by atoms with E-state index in [1.807, 2.05) is 18.2 Å². The van der Waals surface area contributed by atoms with E-state index in [-0.39, 0.29) is 18.5 Å². The third kappa shape index (κ3) is 6.32. The zero-order valence-corrected chi connectivity index (χ0v) is 19.6. The molecule has 0 saturated heterocycles. The predicted molar refractivity (Wildman–Crippen MR) is 130 cm³/mol. The molecule has 0 bridgehead atoms. The molecule has 6 nitrogen and oxygen atoms in total. The van der Waals surface area contributed by atoms with Gasteiger partial charge in [-0.3, -0.25) is 9.59 Å². The molecule has 32 heavy (non-hydrogen) atoms. The number of rotatable bonds is 9. The fourth-order valence-corrected chi connectivity index (χ4v) is 5.72. The molecule has 164 valence electrons. The third-order valence-corrected chi connectivity index (χ3v) is 7.20. The van der Waals surface area contributed by atoms with Crippen LogP contribution in [0.2, 0.25) is 0 Å². The van der Waals surface area contributed by atoms with E-state index in [0.717, 1.165) is 26.7 Å². The molecule has 1 amide bonds. The Hall–Kier alpha value is -2.88. The minimum Gasteiger partial charge on any atom is -0.484 e. The number of aromatic nitrogens is 1. The van der Waals surface area contributed by atoms with Gasteiger partial charge in [0.25, 0.3) is 5.91 Å². The Labute approximate surface area is 197 Å². The lowest BCUT2D eigenvalue weighted by Gasteiger charge is -2.08. The van der Waals surface area contributed by atoms with E-state index in [1.54, 1.807) is 58.7 Å².